The third kappa shape index (κ3) is 4.41. The van der Waals surface area contributed by atoms with E-state index in [9.17, 15) is 4.79 Å². The van der Waals surface area contributed by atoms with Crippen molar-refractivity contribution in [3.63, 3.8) is 0 Å². The number of pyridine rings is 2. The number of H-pyrrole nitrogens is 1. The summed E-state index contributed by atoms with van der Waals surface area (Å²) in [5, 5.41) is 9.16. The number of hydrogen-bond donors (Lipinski definition) is 2. The van der Waals surface area contributed by atoms with Crippen LogP contribution in [-0.4, -0.2) is 59.7 Å². The SMILES string of the molecule is CCOC(=O)c1ccc(N2CCN([C@H]3C=C(c4cc5ncccc5c(=N)[nH]4)CC3)CC2)cc1. The van der Waals surface area contributed by atoms with Crippen LogP contribution >= 0.6 is 0 Å². The molecular weight excluding hydrogens is 414 g/mol. The Bertz CT molecular complexity index is 1240. The molecule has 0 amide bonds. The first-order valence-corrected chi connectivity index (χ1v) is 11.6. The maximum Gasteiger partial charge on any atom is 0.338 e. The molecule has 0 spiro atoms. The molecule has 5 rings (SSSR count). The normalized spacial score (nSPS) is 19.0. The molecule has 1 aromatic carbocycles. The lowest BCUT2D eigenvalue weighted by Crippen LogP contribution is -2.49. The number of aromatic nitrogens is 2. The molecule has 0 saturated carbocycles. The van der Waals surface area contributed by atoms with Gasteiger partial charge in [0.25, 0.3) is 0 Å². The van der Waals surface area contributed by atoms with Crippen molar-refractivity contribution >= 4 is 28.1 Å². The maximum absolute atomic E-state index is 11.9. The van der Waals surface area contributed by atoms with Gasteiger partial charge in [0, 0.05) is 55.2 Å². The van der Waals surface area contributed by atoms with Crippen molar-refractivity contribution in [1.29, 1.82) is 5.41 Å². The second-order valence-electron chi connectivity index (χ2n) is 8.58. The van der Waals surface area contributed by atoms with Crippen LogP contribution in [0.2, 0.25) is 0 Å². The topological polar surface area (TPSA) is 85.3 Å². The van der Waals surface area contributed by atoms with Crippen LogP contribution in [0.3, 0.4) is 0 Å². The quantitative estimate of drug-likeness (QED) is 0.589. The lowest BCUT2D eigenvalue weighted by atomic mass is 10.1. The van der Waals surface area contributed by atoms with E-state index in [1.165, 1.54) is 5.57 Å². The van der Waals surface area contributed by atoms with Crippen molar-refractivity contribution in [1.82, 2.24) is 14.9 Å². The number of piperazine rings is 1. The number of rotatable bonds is 5. The van der Waals surface area contributed by atoms with Crippen LogP contribution in [0.5, 0.6) is 0 Å². The number of nitrogens with zero attached hydrogens (tertiary/aromatic N) is 3. The zero-order valence-electron chi connectivity index (χ0n) is 18.9. The van der Waals surface area contributed by atoms with Crippen LogP contribution < -0.4 is 10.4 Å². The average Bonchev–Trinajstić information content (AvgIpc) is 3.35. The molecule has 2 N–H and O–H groups in total. The van der Waals surface area contributed by atoms with Gasteiger partial charge in [-0.1, -0.05) is 6.08 Å². The van der Waals surface area contributed by atoms with Crippen LogP contribution in [0.25, 0.3) is 16.5 Å². The lowest BCUT2D eigenvalue weighted by Gasteiger charge is -2.38. The van der Waals surface area contributed by atoms with E-state index in [0.29, 0.717) is 23.7 Å². The van der Waals surface area contributed by atoms with E-state index in [4.69, 9.17) is 10.1 Å². The van der Waals surface area contributed by atoms with Crippen molar-refractivity contribution in [3.8, 4) is 0 Å². The van der Waals surface area contributed by atoms with E-state index < -0.39 is 0 Å². The number of aromatic amines is 1. The Labute approximate surface area is 193 Å². The van der Waals surface area contributed by atoms with Gasteiger partial charge in [-0.05, 0) is 67.8 Å². The predicted octanol–water partition coefficient (Wildman–Crippen LogP) is 3.59. The first-order valence-electron chi connectivity index (χ1n) is 11.6. The first kappa shape index (κ1) is 21.4. The summed E-state index contributed by atoms with van der Waals surface area (Å²) in [6, 6.07) is 14.0. The molecule has 170 valence electrons. The van der Waals surface area contributed by atoms with Gasteiger partial charge in [-0.25, -0.2) is 4.79 Å². The summed E-state index contributed by atoms with van der Waals surface area (Å²) in [5.41, 5.74) is 5.31. The van der Waals surface area contributed by atoms with Crippen molar-refractivity contribution in [2.75, 3.05) is 37.7 Å². The minimum atomic E-state index is -0.269. The van der Waals surface area contributed by atoms with Gasteiger partial charge in [0.05, 0.1) is 17.7 Å². The fraction of sp³-hybridized carbons (Fsp3) is 0.346. The highest BCUT2D eigenvalue weighted by Gasteiger charge is 2.27. The van der Waals surface area contributed by atoms with Crippen molar-refractivity contribution < 1.29 is 9.53 Å². The highest BCUT2D eigenvalue weighted by atomic mass is 16.5. The summed E-state index contributed by atoms with van der Waals surface area (Å²) in [5.74, 6) is -0.269. The van der Waals surface area contributed by atoms with Crippen molar-refractivity contribution in [3.05, 3.63) is 71.5 Å². The van der Waals surface area contributed by atoms with E-state index in [-0.39, 0.29) is 5.97 Å². The summed E-state index contributed by atoms with van der Waals surface area (Å²) in [7, 11) is 0. The minimum absolute atomic E-state index is 0.269. The molecule has 33 heavy (non-hydrogen) atoms. The first-order chi connectivity index (χ1) is 16.1. The molecule has 7 nitrogen and oxygen atoms in total. The molecule has 3 aromatic rings. The number of hydrogen-bond acceptors (Lipinski definition) is 6. The van der Waals surface area contributed by atoms with Gasteiger partial charge < -0.3 is 14.6 Å². The fourth-order valence-electron chi connectivity index (χ4n) is 4.84. The Morgan fingerprint density at radius 3 is 2.73 bits per heavy atom. The number of esters is 1. The van der Waals surface area contributed by atoms with E-state index >= 15 is 0 Å². The fourth-order valence-corrected chi connectivity index (χ4v) is 4.84. The average molecular weight is 444 g/mol. The maximum atomic E-state index is 11.9. The van der Waals surface area contributed by atoms with Crippen molar-refractivity contribution in [2.45, 2.75) is 25.8 Å². The Morgan fingerprint density at radius 2 is 1.97 bits per heavy atom. The summed E-state index contributed by atoms with van der Waals surface area (Å²) in [6.07, 6.45) is 6.25. The van der Waals surface area contributed by atoms with Crippen molar-refractivity contribution in [2.24, 2.45) is 0 Å². The molecule has 2 aromatic heterocycles. The number of nitrogens with one attached hydrogen (secondary N) is 2. The standard InChI is InChI=1S/C26H29N5O2/c1-2-33-26(32)18-5-8-20(9-6-18)30-12-14-31(15-13-30)21-10-7-19(16-21)23-17-24-22(25(27)29-23)4-3-11-28-24/h3-6,8-9,11,16-17,21H,2,7,10,12-15H2,1H3,(H2,27,29)/t21-/m1/s1. The molecule has 1 fully saturated rings. The number of carbonyl (C=O) groups is 1. The summed E-state index contributed by atoms with van der Waals surface area (Å²) < 4.78 is 5.07. The van der Waals surface area contributed by atoms with Gasteiger partial charge in [-0.2, -0.15) is 0 Å². The zero-order chi connectivity index (χ0) is 22.8. The van der Waals surface area contributed by atoms with Crippen LogP contribution in [0.4, 0.5) is 5.69 Å². The summed E-state index contributed by atoms with van der Waals surface area (Å²) >= 11 is 0. The molecule has 0 bridgehead atoms. The Balaban J connectivity index is 1.23. The number of fused-ring (bicyclic) bond motifs is 1. The van der Waals surface area contributed by atoms with Crippen LogP contribution in [0, 0.1) is 5.41 Å². The van der Waals surface area contributed by atoms with E-state index in [1.54, 1.807) is 6.20 Å². The molecule has 0 unspecified atom stereocenters. The molecule has 0 radical (unpaired) electrons. The van der Waals surface area contributed by atoms with Gasteiger partial charge in [-0.15, -0.1) is 0 Å². The molecular formula is C26H29N5O2. The van der Waals surface area contributed by atoms with Crippen LogP contribution in [-0.2, 0) is 4.74 Å². The van der Waals surface area contributed by atoms with Gasteiger partial charge in [0.1, 0.15) is 5.49 Å². The third-order valence-electron chi connectivity index (χ3n) is 6.62. The smallest absolute Gasteiger partial charge is 0.338 e. The number of anilines is 1. The number of ether oxygens (including phenoxy) is 1. The lowest BCUT2D eigenvalue weighted by molar-refractivity contribution is 0.0526. The highest BCUT2D eigenvalue weighted by molar-refractivity contribution is 5.89. The molecule has 3 heterocycles. The van der Waals surface area contributed by atoms with Gasteiger partial charge in [0.2, 0.25) is 0 Å². The Morgan fingerprint density at radius 1 is 1.18 bits per heavy atom. The zero-order valence-corrected chi connectivity index (χ0v) is 18.9. The summed E-state index contributed by atoms with van der Waals surface area (Å²) in [4.78, 5) is 24.5. The largest absolute Gasteiger partial charge is 0.462 e. The third-order valence-corrected chi connectivity index (χ3v) is 6.62. The monoisotopic (exact) mass is 443 g/mol. The van der Waals surface area contributed by atoms with Crippen LogP contribution in [0.1, 0.15) is 35.8 Å². The molecule has 1 aliphatic carbocycles. The second kappa shape index (κ2) is 9.19. The molecule has 1 saturated heterocycles. The summed E-state index contributed by atoms with van der Waals surface area (Å²) in [6.45, 7) is 6.13. The molecule has 7 heteroatoms. The van der Waals surface area contributed by atoms with Gasteiger partial charge in [-0.3, -0.25) is 15.3 Å². The van der Waals surface area contributed by atoms with Gasteiger partial charge in [0.15, 0.2) is 0 Å². The molecule has 2 aliphatic rings. The number of benzene rings is 1. The molecule has 1 atom stereocenters. The number of allylic oxidation sites excluding steroid dienone is 1. The van der Waals surface area contributed by atoms with Gasteiger partial charge >= 0.3 is 5.97 Å². The van der Waals surface area contributed by atoms with Crippen LogP contribution in [0.15, 0.2) is 54.7 Å². The number of carbonyl (C=O) groups excluding carboxylic acids is 1. The highest BCUT2D eigenvalue weighted by Crippen LogP contribution is 2.31. The second-order valence-corrected chi connectivity index (χ2v) is 8.58. The Kier molecular flexibility index (Phi) is 5.96. The van der Waals surface area contributed by atoms with E-state index in [2.05, 4.69) is 31.9 Å². The Hall–Kier alpha value is -3.45. The van der Waals surface area contributed by atoms with E-state index in [0.717, 1.165) is 61.3 Å². The minimum Gasteiger partial charge on any atom is -0.462 e. The van der Waals surface area contributed by atoms with E-state index in [1.807, 2.05) is 43.3 Å². The molecule has 1 aliphatic heterocycles. The predicted molar refractivity (Wildman–Crippen MR) is 129 cm³/mol.